The Bertz CT molecular complexity index is 482. The Balaban J connectivity index is 2.54. The van der Waals surface area contributed by atoms with Crippen LogP contribution in [0, 0.1) is 12.3 Å². The zero-order valence-electron chi connectivity index (χ0n) is 13.8. The molecule has 1 unspecified atom stereocenters. The molecule has 1 aromatic rings. The van der Waals surface area contributed by atoms with Crippen LogP contribution < -0.4 is 10.6 Å². The number of carbonyl (C=O) groups is 1. The summed E-state index contributed by atoms with van der Waals surface area (Å²) in [5, 5.41) is 15.2. The highest BCUT2D eigenvalue weighted by molar-refractivity contribution is 5.89. The van der Waals surface area contributed by atoms with Crippen LogP contribution in [0.3, 0.4) is 0 Å². The molecule has 4 nitrogen and oxygen atoms in total. The minimum absolute atomic E-state index is 0.132. The van der Waals surface area contributed by atoms with E-state index < -0.39 is 0 Å². The van der Waals surface area contributed by atoms with Crippen LogP contribution in [0.2, 0.25) is 0 Å². The third-order valence-corrected chi connectivity index (χ3v) is 3.56. The summed E-state index contributed by atoms with van der Waals surface area (Å²) in [5.41, 5.74) is 3.15. The van der Waals surface area contributed by atoms with Gasteiger partial charge >= 0.3 is 6.03 Å². The maximum absolute atomic E-state index is 11.9. The SMILES string of the molecule is CCc1cc(NC(=O)NCC(C)(C)CC(C)O)ccc1C. The molecule has 118 valence electrons. The first-order chi connectivity index (χ1) is 9.73. The summed E-state index contributed by atoms with van der Waals surface area (Å²) in [6, 6.07) is 5.73. The van der Waals surface area contributed by atoms with E-state index in [-0.39, 0.29) is 17.6 Å². The summed E-state index contributed by atoms with van der Waals surface area (Å²) in [7, 11) is 0. The molecular weight excluding hydrogens is 264 g/mol. The molecule has 0 aliphatic carbocycles. The van der Waals surface area contributed by atoms with Gasteiger partial charge in [-0.1, -0.05) is 26.8 Å². The lowest BCUT2D eigenvalue weighted by Gasteiger charge is -2.26. The molecule has 0 heterocycles. The highest BCUT2D eigenvalue weighted by Gasteiger charge is 2.21. The highest BCUT2D eigenvalue weighted by atomic mass is 16.3. The predicted octanol–water partition coefficient (Wildman–Crippen LogP) is 3.48. The van der Waals surface area contributed by atoms with Crippen molar-refractivity contribution >= 4 is 11.7 Å². The summed E-state index contributed by atoms with van der Waals surface area (Å²) in [4.78, 5) is 11.9. The molecule has 0 radical (unpaired) electrons. The quantitative estimate of drug-likeness (QED) is 0.751. The average Bonchev–Trinajstić information content (AvgIpc) is 2.37. The maximum atomic E-state index is 11.9. The Morgan fingerprint density at radius 2 is 2.05 bits per heavy atom. The minimum Gasteiger partial charge on any atom is -0.393 e. The van der Waals surface area contributed by atoms with Gasteiger partial charge in [-0.15, -0.1) is 0 Å². The normalized spacial score (nSPS) is 12.9. The number of urea groups is 1. The first-order valence-electron chi connectivity index (χ1n) is 7.56. The van der Waals surface area contributed by atoms with E-state index in [1.807, 2.05) is 32.0 Å². The fourth-order valence-corrected chi connectivity index (χ4v) is 2.50. The van der Waals surface area contributed by atoms with Crippen LogP contribution in [-0.4, -0.2) is 23.8 Å². The van der Waals surface area contributed by atoms with Gasteiger partial charge in [0.15, 0.2) is 0 Å². The molecule has 0 aromatic heterocycles. The van der Waals surface area contributed by atoms with E-state index in [0.717, 1.165) is 12.1 Å². The second-order valence-electron chi connectivity index (χ2n) is 6.52. The molecule has 3 N–H and O–H groups in total. The van der Waals surface area contributed by atoms with Crippen molar-refractivity contribution in [3.63, 3.8) is 0 Å². The predicted molar refractivity (Wildman–Crippen MR) is 87.7 cm³/mol. The Morgan fingerprint density at radius 1 is 1.38 bits per heavy atom. The average molecular weight is 292 g/mol. The van der Waals surface area contributed by atoms with Gasteiger partial charge in [-0.3, -0.25) is 0 Å². The van der Waals surface area contributed by atoms with Crippen LogP contribution in [0.1, 0.15) is 45.2 Å². The van der Waals surface area contributed by atoms with Crippen LogP contribution in [0.25, 0.3) is 0 Å². The molecule has 0 spiro atoms. The molecule has 0 aliphatic rings. The fourth-order valence-electron chi connectivity index (χ4n) is 2.50. The van der Waals surface area contributed by atoms with Gasteiger partial charge < -0.3 is 15.7 Å². The van der Waals surface area contributed by atoms with Crippen molar-refractivity contribution < 1.29 is 9.90 Å². The van der Waals surface area contributed by atoms with E-state index in [1.165, 1.54) is 11.1 Å². The monoisotopic (exact) mass is 292 g/mol. The number of aryl methyl sites for hydroxylation is 2. The Morgan fingerprint density at radius 3 is 2.62 bits per heavy atom. The molecule has 0 saturated carbocycles. The molecule has 4 heteroatoms. The zero-order valence-corrected chi connectivity index (χ0v) is 13.8. The van der Waals surface area contributed by atoms with Crippen molar-refractivity contribution in [3.05, 3.63) is 29.3 Å². The van der Waals surface area contributed by atoms with Crippen molar-refractivity contribution in [2.24, 2.45) is 5.41 Å². The lowest BCUT2D eigenvalue weighted by atomic mass is 9.87. The van der Waals surface area contributed by atoms with Crippen molar-refractivity contribution in [1.29, 1.82) is 0 Å². The summed E-state index contributed by atoms with van der Waals surface area (Å²) in [6.07, 6.45) is 1.23. The molecule has 21 heavy (non-hydrogen) atoms. The second-order valence-corrected chi connectivity index (χ2v) is 6.52. The van der Waals surface area contributed by atoms with Crippen LogP contribution in [0.4, 0.5) is 10.5 Å². The van der Waals surface area contributed by atoms with Crippen molar-refractivity contribution in [2.75, 3.05) is 11.9 Å². The van der Waals surface area contributed by atoms with Gasteiger partial charge in [0.25, 0.3) is 0 Å². The van der Waals surface area contributed by atoms with E-state index in [0.29, 0.717) is 13.0 Å². The van der Waals surface area contributed by atoms with E-state index in [1.54, 1.807) is 6.92 Å². The molecule has 0 fully saturated rings. The van der Waals surface area contributed by atoms with Gasteiger partial charge in [0.2, 0.25) is 0 Å². The van der Waals surface area contributed by atoms with Crippen LogP contribution in [0.5, 0.6) is 0 Å². The van der Waals surface area contributed by atoms with Gasteiger partial charge in [-0.2, -0.15) is 0 Å². The molecule has 2 amide bonds. The van der Waals surface area contributed by atoms with E-state index in [2.05, 4.69) is 24.5 Å². The van der Waals surface area contributed by atoms with E-state index >= 15 is 0 Å². The lowest BCUT2D eigenvalue weighted by Crippen LogP contribution is -2.38. The minimum atomic E-state index is -0.367. The number of carbonyl (C=O) groups excluding carboxylic acids is 1. The number of hydrogen-bond donors (Lipinski definition) is 3. The third-order valence-electron chi connectivity index (χ3n) is 3.56. The molecule has 0 bridgehead atoms. The summed E-state index contributed by atoms with van der Waals surface area (Å²) in [5.74, 6) is 0. The summed E-state index contributed by atoms with van der Waals surface area (Å²) >= 11 is 0. The van der Waals surface area contributed by atoms with Crippen molar-refractivity contribution in [1.82, 2.24) is 5.32 Å². The number of nitrogens with one attached hydrogen (secondary N) is 2. The van der Waals surface area contributed by atoms with E-state index in [9.17, 15) is 9.90 Å². The Hall–Kier alpha value is -1.55. The largest absolute Gasteiger partial charge is 0.393 e. The van der Waals surface area contributed by atoms with Crippen molar-refractivity contribution in [2.45, 2.75) is 53.6 Å². The van der Waals surface area contributed by atoms with Gasteiger partial charge in [0.1, 0.15) is 0 Å². The molecule has 1 rings (SSSR count). The Labute approximate surface area is 128 Å². The first kappa shape index (κ1) is 17.5. The van der Waals surface area contributed by atoms with Crippen LogP contribution in [0.15, 0.2) is 18.2 Å². The number of aliphatic hydroxyl groups is 1. The first-order valence-corrected chi connectivity index (χ1v) is 7.56. The molecule has 1 atom stereocenters. The topological polar surface area (TPSA) is 61.4 Å². The third kappa shape index (κ3) is 6.17. The van der Waals surface area contributed by atoms with Gasteiger partial charge in [0.05, 0.1) is 6.10 Å². The standard InChI is InChI=1S/C17H28N2O2/c1-6-14-9-15(8-7-12(14)2)19-16(21)18-11-17(4,5)10-13(3)20/h7-9,13,20H,6,10-11H2,1-5H3,(H2,18,19,21). The summed E-state index contributed by atoms with van der Waals surface area (Å²) < 4.78 is 0. The van der Waals surface area contributed by atoms with Gasteiger partial charge in [0, 0.05) is 12.2 Å². The molecule has 1 aromatic carbocycles. The smallest absolute Gasteiger partial charge is 0.319 e. The fraction of sp³-hybridized carbons (Fsp3) is 0.588. The Kier molecular flexibility index (Phi) is 6.21. The molecular formula is C17H28N2O2. The van der Waals surface area contributed by atoms with Crippen LogP contribution >= 0.6 is 0 Å². The zero-order chi connectivity index (χ0) is 16.0. The number of anilines is 1. The van der Waals surface area contributed by atoms with Gasteiger partial charge in [-0.25, -0.2) is 4.79 Å². The second kappa shape index (κ2) is 7.46. The summed E-state index contributed by atoms with van der Waals surface area (Å²) in [6.45, 7) is 10.5. The number of benzene rings is 1. The maximum Gasteiger partial charge on any atom is 0.319 e. The number of rotatable bonds is 6. The molecule has 0 aliphatic heterocycles. The van der Waals surface area contributed by atoms with Crippen LogP contribution in [-0.2, 0) is 6.42 Å². The lowest BCUT2D eigenvalue weighted by molar-refractivity contribution is 0.129. The number of aliphatic hydroxyl groups excluding tert-OH is 1. The van der Waals surface area contributed by atoms with Gasteiger partial charge in [-0.05, 0) is 55.4 Å². The van der Waals surface area contributed by atoms with E-state index in [4.69, 9.17) is 0 Å². The highest BCUT2D eigenvalue weighted by Crippen LogP contribution is 2.21. The number of amides is 2. The molecule has 0 saturated heterocycles. The number of hydrogen-bond acceptors (Lipinski definition) is 2. The van der Waals surface area contributed by atoms with Crippen molar-refractivity contribution in [3.8, 4) is 0 Å².